The molecule has 3 nitrogen and oxygen atoms in total. The molecule has 14 heavy (non-hydrogen) atoms. The number of ether oxygens (including phenoxy) is 1. The second-order valence-corrected chi connectivity index (χ2v) is 3.76. The average Bonchev–Trinajstić information content (AvgIpc) is 2.47. The highest BCUT2D eigenvalue weighted by atomic mass is 16.5. The number of hydrogen-bond acceptors (Lipinski definition) is 3. The first kappa shape index (κ1) is 9.65. The molecule has 0 aliphatic carbocycles. The molecule has 1 fully saturated rings. The zero-order chi connectivity index (χ0) is 10.1. The van der Waals surface area contributed by atoms with Crippen LogP contribution in [-0.2, 0) is 4.74 Å². The van der Waals surface area contributed by atoms with Crippen molar-refractivity contribution in [2.24, 2.45) is 5.73 Å². The molecule has 0 spiro atoms. The van der Waals surface area contributed by atoms with Crippen LogP contribution in [0.25, 0.3) is 0 Å². The molecule has 0 aromatic heterocycles. The average molecular weight is 192 g/mol. The highest BCUT2D eigenvalue weighted by Gasteiger charge is 2.35. The van der Waals surface area contributed by atoms with E-state index in [4.69, 9.17) is 10.5 Å². The molecule has 1 aromatic carbocycles. The second-order valence-electron chi connectivity index (χ2n) is 3.76. The summed E-state index contributed by atoms with van der Waals surface area (Å²) in [7, 11) is 1.98. The van der Waals surface area contributed by atoms with Crippen LogP contribution in [0.3, 0.4) is 0 Å². The molecule has 1 aliphatic heterocycles. The van der Waals surface area contributed by atoms with E-state index in [9.17, 15) is 0 Å². The molecule has 76 valence electrons. The van der Waals surface area contributed by atoms with Crippen molar-refractivity contribution in [3.05, 3.63) is 35.9 Å². The normalized spacial score (nSPS) is 33.5. The van der Waals surface area contributed by atoms with E-state index < -0.39 is 0 Å². The van der Waals surface area contributed by atoms with Gasteiger partial charge in [0.25, 0.3) is 0 Å². The molecule has 1 unspecified atom stereocenters. The molecule has 1 aliphatic rings. The summed E-state index contributed by atoms with van der Waals surface area (Å²) in [6, 6.07) is 10.5. The van der Waals surface area contributed by atoms with Crippen LogP contribution in [0.2, 0.25) is 0 Å². The molecule has 0 saturated carbocycles. The molecule has 2 N–H and O–H groups in total. The number of rotatable bonds is 1. The molecular weight excluding hydrogens is 176 g/mol. The summed E-state index contributed by atoms with van der Waals surface area (Å²) in [5.74, 6) is 0. The van der Waals surface area contributed by atoms with Crippen LogP contribution in [0.15, 0.2) is 30.3 Å². The number of nitrogens with zero attached hydrogens (tertiary/aromatic N) is 1. The Morgan fingerprint density at radius 1 is 1.29 bits per heavy atom. The van der Waals surface area contributed by atoms with Gasteiger partial charge in [0.15, 0.2) is 6.35 Å². The predicted octanol–water partition coefficient (Wildman–Crippen LogP) is 1.32. The van der Waals surface area contributed by atoms with E-state index in [1.165, 1.54) is 5.56 Å². The lowest BCUT2D eigenvalue weighted by atomic mass is 10.0. The molecule has 1 saturated heterocycles. The van der Waals surface area contributed by atoms with Gasteiger partial charge in [-0.2, -0.15) is 0 Å². The SMILES string of the molecule is C[C@H]1[C@H](c2ccccc2)OC(N)N1C. The fraction of sp³-hybridized carbons (Fsp3) is 0.455. The monoisotopic (exact) mass is 192 g/mol. The first-order valence-electron chi connectivity index (χ1n) is 4.88. The van der Waals surface area contributed by atoms with Crippen molar-refractivity contribution < 1.29 is 4.74 Å². The maximum absolute atomic E-state index is 5.80. The van der Waals surface area contributed by atoms with Crippen molar-refractivity contribution in [3.63, 3.8) is 0 Å². The molecule has 3 heteroatoms. The third-order valence-corrected chi connectivity index (χ3v) is 2.90. The van der Waals surface area contributed by atoms with Gasteiger partial charge in [0.05, 0.1) is 0 Å². The van der Waals surface area contributed by atoms with Crippen molar-refractivity contribution in [1.29, 1.82) is 0 Å². The van der Waals surface area contributed by atoms with Crippen molar-refractivity contribution >= 4 is 0 Å². The first-order chi connectivity index (χ1) is 6.70. The van der Waals surface area contributed by atoms with Crippen LogP contribution in [-0.4, -0.2) is 24.3 Å². The Bertz CT molecular complexity index is 301. The lowest BCUT2D eigenvalue weighted by Crippen LogP contribution is -2.37. The minimum Gasteiger partial charge on any atom is -0.340 e. The maximum Gasteiger partial charge on any atom is 0.164 e. The zero-order valence-electron chi connectivity index (χ0n) is 8.55. The molecule has 1 aromatic rings. The van der Waals surface area contributed by atoms with Gasteiger partial charge in [0, 0.05) is 6.04 Å². The van der Waals surface area contributed by atoms with E-state index in [-0.39, 0.29) is 12.5 Å². The van der Waals surface area contributed by atoms with E-state index in [0.29, 0.717) is 6.04 Å². The topological polar surface area (TPSA) is 38.5 Å². The van der Waals surface area contributed by atoms with E-state index in [2.05, 4.69) is 19.1 Å². The van der Waals surface area contributed by atoms with Crippen LogP contribution < -0.4 is 5.73 Å². The summed E-state index contributed by atoms with van der Waals surface area (Å²) in [6.45, 7) is 2.13. The maximum atomic E-state index is 5.80. The lowest BCUT2D eigenvalue weighted by molar-refractivity contribution is 0.0121. The molecule has 2 rings (SSSR count). The molecule has 0 radical (unpaired) electrons. The Morgan fingerprint density at radius 2 is 1.93 bits per heavy atom. The molecular formula is C11H16N2O. The molecule has 1 heterocycles. The van der Waals surface area contributed by atoms with Crippen LogP contribution in [0.1, 0.15) is 18.6 Å². The first-order valence-corrected chi connectivity index (χ1v) is 4.88. The molecule has 0 amide bonds. The number of benzene rings is 1. The van der Waals surface area contributed by atoms with Crippen LogP contribution in [0.5, 0.6) is 0 Å². The zero-order valence-corrected chi connectivity index (χ0v) is 8.55. The van der Waals surface area contributed by atoms with Crippen LogP contribution >= 0.6 is 0 Å². The second kappa shape index (κ2) is 3.69. The minimum absolute atomic E-state index is 0.0937. The Balaban J connectivity index is 2.21. The van der Waals surface area contributed by atoms with Crippen molar-refractivity contribution in [1.82, 2.24) is 4.90 Å². The number of nitrogens with two attached hydrogens (primary N) is 1. The minimum atomic E-state index is -0.282. The standard InChI is InChI=1S/C11H16N2O/c1-8-10(14-11(12)13(8)2)9-6-4-3-5-7-9/h3-8,10-11H,12H2,1-2H3/t8-,10+,11?/m0/s1. The van der Waals surface area contributed by atoms with Gasteiger partial charge in [-0.15, -0.1) is 0 Å². The van der Waals surface area contributed by atoms with Gasteiger partial charge in [0.2, 0.25) is 0 Å². The fourth-order valence-corrected chi connectivity index (χ4v) is 1.81. The van der Waals surface area contributed by atoms with E-state index in [1.54, 1.807) is 0 Å². The van der Waals surface area contributed by atoms with E-state index >= 15 is 0 Å². The summed E-state index contributed by atoms with van der Waals surface area (Å²) in [6.07, 6.45) is -0.189. The molecule has 0 bridgehead atoms. The highest BCUT2D eigenvalue weighted by Crippen LogP contribution is 2.31. The Labute approximate surface area is 84.5 Å². The summed E-state index contributed by atoms with van der Waals surface area (Å²) >= 11 is 0. The van der Waals surface area contributed by atoms with Crippen LogP contribution in [0.4, 0.5) is 0 Å². The van der Waals surface area contributed by atoms with Gasteiger partial charge in [-0.3, -0.25) is 10.6 Å². The van der Waals surface area contributed by atoms with Gasteiger partial charge in [-0.25, -0.2) is 0 Å². The fourth-order valence-electron chi connectivity index (χ4n) is 1.81. The summed E-state index contributed by atoms with van der Waals surface area (Å²) in [4.78, 5) is 2.04. The third kappa shape index (κ3) is 1.54. The number of likely N-dealkylation sites (N-methyl/N-ethyl adjacent to an activating group) is 1. The highest BCUT2D eigenvalue weighted by molar-refractivity contribution is 5.19. The summed E-state index contributed by atoms with van der Waals surface area (Å²) in [5, 5.41) is 0. The smallest absolute Gasteiger partial charge is 0.164 e. The van der Waals surface area contributed by atoms with Gasteiger partial charge in [0.1, 0.15) is 6.10 Å². The number of hydrogen-bond donors (Lipinski definition) is 1. The lowest BCUT2D eigenvalue weighted by Gasteiger charge is -2.18. The summed E-state index contributed by atoms with van der Waals surface area (Å²) < 4.78 is 5.68. The largest absolute Gasteiger partial charge is 0.340 e. The van der Waals surface area contributed by atoms with Gasteiger partial charge >= 0.3 is 0 Å². The predicted molar refractivity (Wildman–Crippen MR) is 55.5 cm³/mol. The van der Waals surface area contributed by atoms with Crippen molar-refractivity contribution in [2.45, 2.75) is 25.4 Å². The van der Waals surface area contributed by atoms with E-state index in [0.717, 1.165) is 0 Å². The quantitative estimate of drug-likeness (QED) is 0.729. The van der Waals surface area contributed by atoms with Crippen molar-refractivity contribution in [3.8, 4) is 0 Å². The van der Waals surface area contributed by atoms with Gasteiger partial charge in [-0.05, 0) is 19.5 Å². The van der Waals surface area contributed by atoms with Crippen LogP contribution in [0, 0.1) is 0 Å². The van der Waals surface area contributed by atoms with Gasteiger partial charge < -0.3 is 4.74 Å². The Hall–Kier alpha value is -0.900. The Morgan fingerprint density at radius 3 is 2.43 bits per heavy atom. The van der Waals surface area contributed by atoms with E-state index in [1.807, 2.05) is 30.1 Å². The summed E-state index contributed by atoms with van der Waals surface area (Å²) in [5.41, 5.74) is 6.99. The van der Waals surface area contributed by atoms with Gasteiger partial charge in [-0.1, -0.05) is 30.3 Å². The third-order valence-electron chi connectivity index (χ3n) is 2.90. The molecule has 3 atom stereocenters. The van der Waals surface area contributed by atoms with Crippen molar-refractivity contribution in [2.75, 3.05) is 7.05 Å². The Kier molecular flexibility index (Phi) is 2.54.